The van der Waals surface area contributed by atoms with Gasteiger partial charge >= 0.3 is 0 Å². The summed E-state index contributed by atoms with van der Waals surface area (Å²) in [6.45, 7) is 5.42. The van der Waals surface area contributed by atoms with Crippen LogP contribution in [0.15, 0.2) is 59.7 Å². The summed E-state index contributed by atoms with van der Waals surface area (Å²) in [4.78, 5) is 23.1. The van der Waals surface area contributed by atoms with Crippen molar-refractivity contribution in [3.63, 3.8) is 0 Å². The van der Waals surface area contributed by atoms with Crippen LogP contribution in [0.5, 0.6) is 11.5 Å². The molecule has 0 heterocycles. The molecule has 146 valence electrons. The van der Waals surface area contributed by atoms with Crippen LogP contribution in [0.1, 0.15) is 37.8 Å². The zero-order chi connectivity index (χ0) is 20.2. The highest BCUT2D eigenvalue weighted by Crippen LogP contribution is 2.20. The summed E-state index contributed by atoms with van der Waals surface area (Å²) < 4.78 is 11.1. The molecule has 0 aromatic heterocycles. The summed E-state index contributed by atoms with van der Waals surface area (Å²) in [6, 6.07) is 14.8. The van der Waals surface area contributed by atoms with Gasteiger partial charge in [0.25, 0.3) is 0 Å². The quantitative estimate of drug-likeness (QED) is 0.309. The Labute approximate surface area is 166 Å². The van der Waals surface area contributed by atoms with E-state index in [9.17, 15) is 9.59 Å². The van der Waals surface area contributed by atoms with Crippen molar-refractivity contribution < 1.29 is 19.1 Å². The van der Waals surface area contributed by atoms with Crippen molar-refractivity contribution in [3.8, 4) is 11.5 Å². The highest BCUT2D eigenvalue weighted by atomic mass is 16.5. The third-order valence-corrected chi connectivity index (χ3v) is 3.94. The zero-order valence-corrected chi connectivity index (χ0v) is 16.4. The van der Waals surface area contributed by atoms with Crippen LogP contribution < -0.4 is 9.47 Å². The molecule has 0 saturated carbocycles. The highest BCUT2D eigenvalue weighted by Gasteiger charge is 2.05. The van der Waals surface area contributed by atoms with E-state index in [2.05, 4.69) is 0 Å². The van der Waals surface area contributed by atoms with Crippen molar-refractivity contribution >= 4 is 24.7 Å². The maximum Gasteiger partial charge on any atom is 0.150 e. The summed E-state index contributed by atoms with van der Waals surface area (Å²) in [6.07, 6.45) is 6.65. The van der Waals surface area contributed by atoms with E-state index in [4.69, 9.17) is 9.47 Å². The molecule has 0 radical (unpaired) electrons. The number of ether oxygens (including phenoxy) is 2. The molecule has 0 aliphatic carbocycles. The van der Waals surface area contributed by atoms with E-state index in [1.54, 1.807) is 12.2 Å². The van der Waals surface area contributed by atoms with E-state index < -0.39 is 0 Å². The van der Waals surface area contributed by atoms with Crippen LogP contribution in [-0.2, 0) is 9.59 Å². The second-order valence-corrected chi connectivity index (χ2v) is 6.27. The number of hydrogen-bond acceptors (Lipinski definition) is 4. The molecular formula is C24H26O4. The van der Waals surface area contributed by atoms with Crippen LogP contribution in [-0.4, -0.2) is 25.8 Å². The number of allylic oxidation sites excluding steroid dienone is 2. The molecule has 2 aromatic rings. The average Bonchev–Trinajstić information content (AvgIpc) is 2.74. The number of benzene rings is 2. The second-order valence-electron chi connectivity index (χ2n) is 6.27. The fourth-order valence-electron chi connectivity index (χ4n) is 2.49. The molecular weight excluding hydrogens is 352 g/mol. The first-order valence-corrected chi connectivity index (χ1v) is 9.50. The number of aldehydes is 2. The van der Waals surface area contributed by atoms with Crippen molar-refractivity contribution in [1.82, 2.24) is 0 Å². The van der Waals surface area contributed by atoms with E-state index in [0.717, 1.165) is 35.5 Å². The summed E-state index contributed by atoms with van der Waals surface area (Å²) in [7, 11) is 0. The Bertz CT molecular complexity index is 743. The van der Waals surface area contributed by atoms with Gasteiger partial charge in [0.05, 0.1) is 13.2 Å². The van der Waals surface area contributed by atoms with Gasteiger partial charge in [-0.05, 0) is 60.4 Å². The van der Waals surface area contributed by atoms with Crippen LogP contribution in [0.4, 0.5) is 0 Å². The van der Waals surface area contributed by atoms with Gasteiger partial charge in [0, 0.05) is 11.1 Å². The number of carbonyl (C=O) groups is 2. The Morgan fingerprint density at radius 1 is 0.679 bits per heavy atom. The standard InChI is InChI=1S/C24H26O4/c1-3-13-27-23-9-5-19(6-10-23)15-21(17-25)22(18-26)16-20-7-11-24(12-8-20)28-14-4-2/h5-12,15-18H,3-4,13-14H2,1-2H3/b21-15+,22-16+. The van der Waals surface area contributed by atoms with Crippen molar-refractivity contribution in [2.24, 2.45) is 0 Å². The first kappa shape index (κ1) is 21.2. The smallest absolute Gasteiger partial charge is 0.150 e. The minimum Gasteiger partial charge on any atom is -0.494 e. The van der Waals surface area contributed by atoms with Gasteiger partial charge in [0.2, 0.25) is 0 Å². The molecule has 0 amide bonds. The summed E-state index contributed by atoms with van der Waals surface area (Å²) in [5, 5.41) is 0. The van der Waals surface area contributed by atoms with Crippen LogP contribution in [0.25, 0.3) is 12.2 Å². The molecule has 0 saturated heterocycles. The van der Waals surface area contributed by atoms with E-state index >= 15 is 0 Å². The predicted molar refractivity (Wildman–Crippen MR) is 113 cm³/mol. The van der Waals surface area contributed by atoms with Crippen LogP contribution in [0.2, 0.25) is 0 Å². The molecule has 28 heavy (non-hydrogen) atoms. The monoisotopic (exact) mass is 378 g/mol. The molecule has 2 aromatic carbocycles. The number of hydrogen-bond donors (Lipinski definition) is 0. The normalized spacial score (nSPS) is 11.8. The van der Waals surface area contributed by atoms with Crippen molar-refractivity contribution in [1.29, 1.82) is 0 Å². The molecule has 4 nitrogen and oxygen atoms in total. The molecule has 0 aliphatic heterocycles. The lowest BCUT2D eigenvalue weighted by Crippen LogP contribution is -1.96. The molecule has 0 bridgehead atoms. The largest absolute Gasteiger partial charge is 0.494 e. The van der Waals surface area contributed by atoms with Gasteiger partial charge in [-0.1, -0.05) is 38.1 Å². The third-order valence-electron chi connectivity index (χ3n) is 3.94. The minimum absolute atomic E-state index is 0.323. The Balaban J connectivity index is 2.19. The van der Waals surface area contributed by atoms with Crippen molar-refractivity contribution in [3.05, 3.63) is 70.8 Å². The topological polar surface area (TPSA) is 52.6 Å². The van der Waals surface area contributed by atoms with E-state index in [1.807, 2.05) is 62.4 Å². The molecule has 0 aliphatic rings. The summed E-state index contributed by atoms with van der Waals surface area (Å²) >= 11 is 0. The van der Waals surface area contributed by atoms with Gasteiger partial charge in [0.1, 0.15) is 11.5 Å². The van der Waals surface area contributed by atoms with E-state index in [0.29, 0.717) is 36.9 Å². The Morgan fingerprint density at radius 2 is 1.04 bits per heavy atom. The fourth-order valence-corrected chi connectivity index (χ4v) is 2.49. The molecule has 0 spiro atoms. The average molecular weight is 378 g/mol. The third kappa shape index (κ3) is 6.54. The fraction of sp³-hybridized carbons (Fsp3) is 0.250. The molecule has 4 heteroatoms. The molecule has 0 unspecified atom stereocenters. The number of carbonyl (C=O) groups excluding carboxylic acids is 2. The Kier molecular flexibility index (Phi) is 8.73. The predicted octanol–water partition coefficient (Wildman–Crippen LogP) is 5.13. The maximum atomic E-state index is 11.6. The lowest BCUT2D eigenvalue weighted by atomic mass is 10.0. The Morgan fingerprint density at radius 3 is 1.32 bits per heavy atom. The zero-order valence-electron chi connectivity index (χ0n) is 16.4. The lowest BCUT2D eigenvalue weighted by Gasteiger charge is -2.06. The van der Waals surface area contributed by atoms with Gasteiger partial charge in [-0.2, -0.15) is 0 Å². The van der Waals surface area contributed by atoms with Crippen LogP contribution >= 0.6 is 0 Å². The Hall–Kier alpha value is -3.14. The van der Waals surface area contributed by atoms with Crippen molar-refractivity contribution in [2.45, 2.75) is 26.7 Å². The van der Waals surface area contributed by atoms with Crippen LogP contribution in [0, 0.1) is 0 Å². The second kappa shape index (κ2) is 11.5. The van der Waals surface area contributed by atoms with Gasteiger partial charge in [-0.25, -0.2) is 0 Å². The first-order valence-electron chi connectivity index (χ1n) is 9.50. The van der Waals surface area contributed by atoms with Crippen LogP contribution in [0.3, 0.4) is 0 Å². The SMILES string of the molecule is CCCOc1ccc(/C=C(C=O)/C(C=O)=C/c2ccc(OCCC)cc2)cc1. The van der Waals surface area contributed by atoms with E-state index in [1.165, 1.54) is 0 Å². The first-order chi connectivity index (χ1) is 13.7. The summed E-state index contributed by atoms with van der Waals surface area (Å²) in [5.74, 6) is 1.56. The summed E-state index contributed by atoms with van der Waals surface area (Å²) in [5.41, 5.74) is 2.29. The number of rotatable bonds is 11. The van der Waals surface area contributed by atoms with Gasteiger partial charge in [0.15, 0.2) is 12.6 Å². The maximum absolute atomic E-state index is 11.6. The highest BCUT2D eigenvalue weighted by molar-refractivity contribution is 6.02. The van der Waals surface area contributed by atoms with E-state index in [-0.39, 0.29) is 0 Å². The van der Waals surface area contributed by atoms with Gasteiger partial charge < -0.3 is 9.47 Å². The molecule has 0 N–H and O–H groups in total. The van der Waals surface area contributed by atoms with Crippen molar-refractivity contribution in [2.75, 3.05) is 13.2 Å². The van der Waals surface area contributed by atoms with Gasteiger partial charge in [-0.15, -0.1) is 0 Å². The lowest BCUT2D eigenvalue weighted by molar-refractivity contribution is -0.107. The minimum atomic E-state index is 0.323. The molecule has 2 rings (SSSR count). The van der Waals surface area contributed by atoms with Gasteiger partial charge in [-0.3, -0.25) is 9.59 Å². The molecule has 0 atom stereocenters. The molecule has 0 fully saturated rings.